The molecule has 0 bridgehead atoms. The molecule has 38 heavy (non-hydrogen) atoms. The number of rotatable bonds is 3. The van der Waals surface area contributed by atoms with E-state index in [1.165, 1.54) is 10.6 Å². The number of aliphatic hydroxyl groups is 2. The van der Waals surface area contributed by atoms with Gasteiger partial charge in [0, 0.05) is 52.6 Å². The first-order valence-electron chi connectivity index (χ1n) is 13.5. The first-order chi connectivity index (χ1) is 18.0. The molecule has 2 amide bonds. The number of amides is 2. The van der Waals surface area contributed by atoms with Crippen LogP contribution < -0.4 is 4.74 Å². The van der Waals surface area contributed by atoms with E-state index in [9.17, 15) is 28.2 Å². The molecule has 2 fully saturated rings. The predicted octanol–water partition coefficient (Wildman–Crippen LogP) is 0.862. The van der Waals surface area contributed by atoms with Gasteiger partial charge in [-0.2, -0.15) is 0 Å². The third-order valence-corrected chi connectivity index (χ3v) is 9.82. The molecule has 11 heteroatoms. The third-order valence-electron chi connectivity index (χ3n) is 8.52. The number of hydrogen-bond acceptors (Lipinski definition) is 7. The van der Waals surface area contributed by atoms with E-state index in [0.29, 0.717) is 77.0 Å². The summed E-state index contributed by atoms with van der Waals surface area (Å²) in [5.41, 5.74) is 0.313. The molecule has 1 spiro atoms. The van der Waals surface area contributed by atoms with Gasteiger partial charge in [0.1, 0.15) is 5.75 Å². The molecule has 212 valence electrons. The topological polar surface area (TPSA) is 128 Å². The zero-order valence-corrected chi connectivity index (χ0v) is 23.2. The van der Waals surface area contributed by atoms with Crippen molar-refractivity contribution < 1.29 is 33.0 Å². The van der Waals surface area contributed by atoms with E-state index in [0.717, 1.165) is 5.56 Å². The van der Waals surface area contributed by atoms with Gasteiger partial charge in [-0.1, -0.05) is 18.2 Å². The lowest BCUT2D eigenvalue weighted by Gasteiger charge is -2.45. The smallest absolute Gasteiger partial charge is 0.260 e. The maximum Gasteiger partial charge on any atom is 0.260 e. The van der Waals surface area contributed by atoms with Gasteiger partial charge in [0.05, 0.1) is 18.5 Å². The largest absolute Gasteiger partial charge is 0.483 e. The number of ether oxygens (including phenoxy) is 1. The summed E-state index contributed by atoms with van der Waals surface area (Å²) in [5.74, 6) is 0.612. The van der Waals surface area contributed by atoms with Crippen LogP contribution >= 0.6 is 0 Å². The van der Waals surface area contributed by atoms with Crippen LogP contribution in [0.4, 0.5) is 0 Å². The Hall–Kier alpha value is -2.21. The van der Waals surface area contributed by atoms with Crippen molar-refractivity contribution in [2.24, 2.45) is 11.3 Å². The third kappa shape index (κ3) is 7.05. The maximum atomic E-state index is 13.1. The molecule has 3 heterocycles. The maximum absolute atomic E-state index is 13.1. The van der Waals surface area contributed by atoms with Gasteiger partial charge in [0.15, 0.2) is 6.61 Å². The normalized spacial score (nSPS) is 26.3. The number of hydrogen-bond donors (Lipinski definition) is 2. The van der Waals surface area contributed by atoms with Gasteiger partial charge in [-0.15, -0.1) is 0 Å². The molecule has 4 rings (SSSR count). The van der Waals surface area contributed by atoms with Gasteiger partial charge in [-0.05, 0) is 55.1 Å². The predicted molar refractivity (Wildman–Crippen MR) is 142 cm³/mol. The summed E-state index contributed by atoms with van der Waals surface area (Å²) < 4.78 is 30.8. The van der Waals surface area contributed by atoms with Crippen LogP contribution in [0.2, 0.25) is 0 Å². The molecule has 2 atom stereocenters. The zero-order valence-electron chi connectivity index (χ0n) is 22.4. The second kappa shape index (κ2) is 11.9. The van der Waals surface area contributed by atoms with Crippen molar-refractivity contribution in [2.75, 3.05) is 52.6 Å². The Bertz CT molecular complexity index is 1100. The Labute approximate surface area is 225 Å². The lowest BCUT2D eigenvalue weighted by Crippen LogP contribution is -2.51. The van der Waals surface area contributed by atoms with E-state index in [1.54, 1.807) is 18.0 Å². The molecule has 1 aromatic carbocycles. The minimum atomic E-state index is -3.20. The number of aliphatic hydroxyl groups excluding tert-OH is 2. The molecule has 10 nitrogen and oxygen atoms in total. The minimum absolute atomic E-state index is 0.0702. The highest BCUT2D eigenvalue weighted by Gasteiger charge is 2.41. The van der Waals surface area contributed by atoms with Crippen LogP contribution in [-0.2, 0) is 26.0 Å². The van der Waals surface area contributed by atoms with Crippen LogP contribution in [0.5, 0.6) is 5.75 Å². The summed E-state index contributed by atoms with van der Waals surface area (Å²) in [6.07, 6.45) is 2.81. The van der Waals surface area contributed by atoms with Crippen LogP contribution in [-0.4, -0.2) is 109 Å². The molecule has 0 saturated carbocycles. The Morgan fingerprint density at radius 2 is 1.74 bits per heavy atom. The van der Waals surface area contributed by atoms with Crippen molar-refractivity contribution in [3.05, 3.63) is 29.8 Å². The number of nitrogens with zero attached hydrogens (tertiary/aromatic N) is 3. The van der Waals surface area contributed by atoms with Crippen LogP contribution in [0.1, 0.15) is 44.1 Å². The summed E-state index contributed by atoms with van der Waals surface area (Å²) >= 11 is 0. The number of sulfonamides is 1. The number of para-hydroxylation sites is 1. The Morgan fingerprint density at radius 3 is 2.39 bits per heavy atom. The average Bonchev–Trinajstić information content (AvgIpc) is 2.87. The molecule has 3 aliphatic heterocycles. The molecule has 0 aliphatic carbocycles. The van der Waals surface area contributed by atoms with Crippen molar-refractivity contribution in [3.63, 3.8) is 0 Å². The second-order valence-corrected chi connectivity index (χ2v) is 13.4. The first kappa shape index (κ1) is 28.8. The lowest BCUT2D eigenvalue weighted by molar-refractivity contribution is -0.139. The van der Waals surface area contributed by atoms with Crippen molar-refractivity contribution in [1.82, 2.24) is 14.1 Å². The molecule has 0 aromatic heterocycles. The number of fused-ring (bicyclic) bond motifs is 1. The number of carbonyl (C=O) groups is 2. The Kier molecular flexibility index (Phi) is 9.01. The highest BCUT2D eigenvalue weighted by molar-refractivity contribution is 7.88. The van der Waals surface area contributed by atoms with E-state index in [1.807, 2.05) is 23.1 Å². The first-order valence-corrected chi connectivity index (χ1v) is 15.3. The quantitative estimate of drug-likeness (QED) is 0.570. The van der Waals surface area contributed by atoms with Crippen LogP contribution in [0.25, 0.3) is 0 Å². The van der Waals surface area contributed by atoms with E-state index in [2.05, 4.69) is 0 Å². The molecule has 0 radical (unpaired) electrons. The Balaban J connectivity index is 1.39. The van der Waals surface area contributed by atoms with Gasteiger partial charge in [-0.3, -0.25) is 9.59 Å². The van der Waals surface area contributed by atoms with Crippen LogP contribution in [0, 0.1) is 11.3 Å². The van der Waals surface area contributed by atoms with Gasteiger partial charge in [0.2, 0.25) is 15.9 Å². The van der Waals surface area contributed by atoms with E-state index in [4.69, 9.17) is 4.74 Å². The zero-order chi connectivity index (χ0) is 27.5. The average molecular weight is 552 g/mol. The summed E-state index contributed by atoms with van der Waals surface area (Å²) in [5, 5.41) is 21.8. The summed E-state index contributed by atoms with van der Waals surface area (Å²) in [6, 6.07) is 7.24. The van der Waals surface area contributed by atoms with Gasteiger partial charge in [-0.25, -0.2) is 12.7 Å². The minimum Gasteiger partial charge on any atom is -0.483 e. The van der Waals surface area contributed by atoms with E-state index in [-0.39, 0.29) is 30.8 Å². The number of piperidine rings is 2. The molecular weight excluding hydrogens is 510 g/mol. The van der Waals surface area contributed by atoms with E-state index < -0.39 is 27.6 Å². The van der Waals surface area contributed by atoms with Crippen LogP contribution in [0.3, 0.4) is 0 Å². The number of likely N-dealkylation sites (N-methyl/N-ethyl adjacent to an activating group) is 1. The standard InChI is InChI=1S/C27H41N3O7S/c1-28-19-27(17-23(32)22(31)16-21-5-3-4-6-24(21)37-18-26(28)34)9-13-29(14-10-27)25(33)15-20-7-11-30(12-8-20)38(2,35)36/h3-6,20,22-23,31-32H,7-19H2,1-2H3/t22-,23+/m0/s1. The summed E-state index contributed by atoms with van der Waals surface area (Å²) in [6.45, 7) is 2.25. The van der Waals surface area contributed by atoms with Gasteiger partial charge in [0.25, 0.3) is 5.91 Å². The fourth-order valence-electron chi connectivity index (χ4n) is 6.07. The number of likely N-dealkylation sites (tertiary alicyclic amines) is 1. The summed E-state index contributed by atoms with van der Waals surface area (Å²) in [7, 11) is -1.47. The molecule has 1 aromatic rings. The van der Waals surface area contributed by atoms with Crippen molar-refractivity contribution in [2.45, 2.75) is 57.2 Å². The Morgan fingerprint density at radius 1 is 1.08 bits per heavy atom. The fraction of sp³-hybridized carbons (Fsp3) is 0.704. The number of carbonyl (C=O) groups excluding carboxylic acids is 2. The van der Waals surface area contributed by atoms with Crippen molar-refractivity contribution in [1.29, 1.82) is 0 Å². The number of benzene rings is 1. The van der Waals surface area contributed by atoms with Crippen LogP contribution in [0.15, 0.2) is 24.3 Å². The lowest BCUT2D eigenvalue weighted by atomic mass is 9.72. The fourth-order valence-corrected chi connectivity index (χ4v) is 6.95. The highest BCUT2D eigenvalue weighted by Crippen LogP contribution is 2.39. The van der Waals surface area contributed by atoms with Crippen molar-refractivity contribution in [3.8, 4) is 5.75 Å². The second-order valence-electron chi connectivity index (χ2n) is 11.4. The monoisotopic (exact) mass is 551 g/mol. The van der Waals surface area contributed by atoms with Crippen molar-refractivity contribution >= 4 is 21.8 Å². The molecule has 2 saturated heterocycles. The summed E-state index contributed by atoms with van der Waals surface area (Å²) in [4.78, 5) is 29.5. The SMILES string of the molecule is CN1CC2(CCN(C(=O)CC3CCN(S(C)(=O)=O)CC3)CC2)C[C@@H](O)[C@@H](O)Cc2ccccc2OCC1=O. The highest BCUT2D eigenvalue weighted by atomic mass is 32.2. The molecule has 3 aliphatic rings. The molecular formula is C27H41N3O7S. The molecule has 2 N–H and O–H groups in total. The van der Waals surface area contributed by atoms with Gasteiger partial charge >= 0.3 is 0 Å². The van der Waals surface area contributed by atoms with E-state index >= 15 is 0 Å². The molecule has 0 unspecified atom stereocenters. The van der Waals surface area contributed by atoms with Gasteiger partial charge < -0.3 is 24.7 Å².